The van der Waals surface area contributed by atoms with Gasteiger partial charge in [0.25, 0.3) is 0 Å². The molecule has 0 aromatic heterocycles. The zero-order valence-electron chi connectivity index (χ0n) is 11.9. The second-order valence-corrected chi connectivity index (χ2v) is 5.65. The van der Waals surface area contributed by atoms with Crippen molar-refractivity contribution in [1.82, 2.24) is 4.90 Å². The number of hydrogen-bond acceptors (Lipinski definition) is 2. The maximum absolute atomic E-state index is 12.0. The summed E-state index contributed by atoms with van der Waals surface area (Å²) in [5.74, 6) is 0.625. The normalized spacial score (nSPS) is 23.4. The zero-order valence-corrected chi connectivity index (χ0v) is 11.9. The number of benzene rings is 1. The first kappa shape index (κ1) is 14.1. The van der Waals surface area contributed by atoms with Crippen LogP contribution in [0.5, 0.6) is 0 Å². The number of hydrogen-bond donors (Lipinski definition) is 1. The molecule has 0 aliphatic carbocycles. The van der Waals surface area contributed by atoms with Gasteiger partial charge >= 0.3 is 0 Å². The lowest BCUT2D eigenvalue weighted by Crippen LogP contribution is -2.48. The van der Waals surface area contributed by atoms with Crippen LogP contribution in [0.25, 0.3) is 0 Å². The topological polar surface area (TPSA) is 46.3 Å². The van der Waals surface area contributed by atoms with Crippen molar-refractivity contribution in [3.8, 4) is 0 Å². The number of nitrogens with two attached hydrogens (primary N) is 1. The van der Waals surface area contributed by atoms with Crippen LogP contribution in [-0.2, 0) is 4.79 Å². The van der Waals surface area contributed by atoms with Crippen molar-refractivity contribution in [3.05, 3.63) is 35.4 Å². The highest BCUT2D eigenvalue weighted by atomic mass is 16.2. The predicted octanol–water partition coefficient (Wildman–Crippen LogP) is 2.44. The number of likely N-dealkylation sites (tertiary alicyclic amines) is 1. The Morgan fingerprint density at radius 3 is 2.63 bits per heavy atom. The van der Waals surface area contributed by atoms with E-state index in [1.54, 1.807) is 0 Å². The first-order valence-electron chi connectivity index (χ1n) is 7.20. The molecule has 1 amide bonds. The molecule has 1 heterocycles. The van der Waals surface area contributed by atoms with Gasteiger partial charge < -0.3 is 10.6 Å². The monoisotopic (exact) mass is 260 g/mol. The molecular weight excluding hydrogens is 236 g/mol. The van der Waals surface area contributed by atoms with E-state index in [1.807, 2.05) is 11.8 Å². The molecule has 1 saturated heterocycles. The Morgan fingerprint density at radius 1 is 1.32 bits per heavy atom. The Labute approximate surface area is 115 Å². The molecule has 0 saturated carbocycles. The van der Waals surface area contributed by atoms with Crippen LogP contribution >= 0.6 is 0 Å². The Morgan fingerprint density at radius 2 is 2.00 bits per heavy atom. The quantitative estimate of drug-likeness (QED) is 0.907. The highest BCUT2D eigenvalue weighted by Crippen LogP contribution is 2.27. The molecule has 0 radical (unpaired) electrons. The summed E-state index contributed by atoms with van der Waals surface area (Å²) < 4.78 is 0. The van der Waals surface area contributed by atoms with E-state index in [1.165, 1.54) is 11.1 Å². The first-order valence-corrected chi connectivity index (χ1v) is 7.20. The lowest BCUT2D eigenvalue weighted by molar-refractivity contribution is -0.132. The van der Waals surface area contributed by atoms with Crippen molar-refractivity contribution < 1.29 is 4.79 Å². The van der Waals surface area contributed by atoms with Gasteiger partial charge in [-0.25, -0.2) is 0 Å². The molecule has 1 aliphatic heterocycles. The molecule has 3 heteroatoms. The smallest absolute Gasteiger partial charge is 0.222 e. The van der Waals surface area contributed by atoms with Crippen molar-refractivity contribution in [2.24, 2.45) is 5.73 Å². The van der Waals surface area contributed by atoms with Crippen LogP contribution in [-0.4, -0.2) is 29.9 Å². The summed E-state index contributed by atoms with van der Waals surface area (Å²) >= 11 is 0. The molecule has 1 aromatic carbocycles. The molecule has 19 heavy (non-hydrogen) atoms. The fraction of sp³-hybridized carbons (Fsp3) is 0.562. The summed E-state index contributed by atoms with van der Waals surface area (Å²) in [6.45, 7) is 5.66. The van der Waals surface area contributed by atoms with Crippen LogP contribution in [0.1, 0.15) is 43.2 Å². The van der Waals surface area contributed by atoms with Crippen molar-refractivity contribution >= 4 is 5.91 Å². The highest BCUT2D eigenvalue weighted by molar-refractivity contribution is 5.76. The molecule has 0 bridgehead atoms. The van der Waals surface area contributed by atoms with Crippen LogP contribution in [0, 0.1) is 6.92 Å². The molecule has 2 rings (SSSR count). The lowest BCUT2D eigenvalue weighted by atomic mass is 9.88. The van der Waals surface area contributed by atoms with Gasteiger partial charge in [0.15, 0.2) is 0 Å². The average molecular weight is 260 g/mol. The molecular formula is C16H24N2O. The molecule has 104 valence electrons. The van der Waals surface area contributed by atoms with Gasteiger partial charge in [0, 0.05) is 31.5 Å². The summed E-state index contributed by atoms with van der Waals surface area (Å²) in [7, 11) is 0. The van der Waals surface area contributed by atoms with Crippen LogP contribution in [0.4, 0.5) is 0 Å². The van der Waals surface area contributed by atoms with Gasteiger partial charge in [-0.1, -0.05) is 36.8 Å². The maximum atomic E-state index is 12.0. The van der Waals surface area contributed by atoms with Crippen LogP contribution in [0.3, 0.4) is 0 Å². The average Bonchev–Trinajstić information content (AvgIpc) is 2.39. The van der Waals surface area contributed by atoms with E-state index >= 15 is 0 Å². The van der Waals surface area contributed by atoms with E-state index in [0.29, 0.717) is 18.9 Å². The number of amides is 1. The van der Waals surface area contributed by atoms with E-state index in [4.69, 9.17) is 5.73 Å². The molecule has 1 fully saturated rings. The Hall–Kier alpha value is -1.35. The Kier molecular flexibility index (Phi) is 4.59. The summed E-state index contributed by atoms with van der Waals surface area (Å²) in [5.41, 5.74) is 8.69. The lowest BCUT2D eigenvalue weighted by Gasteiger charge is -2.36. The van der Waals surface area contributed by atoms with E-state index in [9.17, 15) is 4.79 Å². The second kappa shape index (κ2) is 6.20. The summed E-state index contributed by atoms with van der Waals surface area (Å²) in [6.07, 6.45) is 2.51. The standard InChI is InChI=1S/C16H24N2O/c1-3-4-16(19)18-10-14(9-15(17)11-18)13-7-5-12(2)6-8-13/h5-8,14-15H,3-4,9-11,17H2,1-2H3. The molecule has 1 aliphatic rings. The largest absolute Gasteiger partial charge is 0.341 e. The molecule has 2 unspecified atom stereocenters. The minimum absolute atomic E-state index is 0.0980. The summed E-state index contributed by atoms with van der Waals surface area (Å²) in [6, 6.07) is 8.70. The minimum Gasteiger partial charge on any atom is -0.341 e. The summed E-state index contributed by atoms with van der Waals surface area (Å²) in [5, 5.41) is 0. The van der Waals surface area contributed by atoms with E-state index in [0.717, 1.165) is 19.4 Å². The van der Waals surface area contributed by atoms with Crippen LogP contribution in [0.15, 0.2) is 24.3 Å². The van der Waals surface area contributed by atoms with Gasteiger partial charge in [-0.15, -0.1) is 0 Å². The minimum atomic E-state index is 0.0980. The van der Waals surface area contributed by atoms with Crippen LogP contribution in [0.2, 0.25) is 0 Å². The van der Waals surface area contributed by atoms with Crippen LogP contribution < -0.4 is 5.73 Å². The summed E-state index contributed by atoms with van der Waals surface area (Å²) in [4.78, 5) is 14.0. The predicted molar refractivity (Wildman–Crippen MR) is 78.0 cm³/mol. The van der Waals surface area contributed by atoms with E-state index in [-0.39, 0.29) is 11.9 Å². The second-order valence-electron chi connectivity index (χ2n) is 5.65. The highest BCUT2D eigenvalue weighted by Gasteiger charge is 2.28. The van der Waals surface area contributed by atoms with Crippen molar-refractivity contribution in [2.75, 3.05) is 13.1 Å². The van der Waals surface area contributed by atoms with Crippen molar-refractivity contribution in [3.63, 3.8) is 0 Å². The van der Waals surface area contributed by atoms with Crippen molar-refractivity contribution in [2.45, 2.75) is 45.1 Å². The number of carbonyl (C=O) groups excluding carboxylic acids is 1. The number of piperidine rings is 1. The number of nitrogens with zero attached hydrogens (tertiary/aromatic N) is 1. The third kappa shape index (κ3) is 3.57. The van der Waals surface area contributed by atoms with E-state index in [2.05, 4.69) is 31.2 Å². The third-order valence-electron chi connectivity index (χ3n) is 3.85. The van der Waals surface area contributed by atoms with Crippen molar-refractivity contribution in [1.29, 1.82) is 0 Å². The maximum Gasteiger partial charge on any atom is 0.222 e. The van der Waals surface area contributed by atoms with Gasteiger partial charge in [0.05, 0.1) is 0 Å². The van der Waals surface area contributed by atoms with Gasteiger partial charge in [0.2, 0.25) is 5.91 Å². The van der Waals surface area contributed by atoms with Gasteiger partial charge in [-0.2, -0.15) is 0 Å². The third-order valence-corrected chi connectivity index (χ3v) is 3.85. The number of rotatable bonds is 3. The molecule has 2 atom stereocenters. The SMILES string of the molecule is CCCC(=O)N1CC(N)CC(c2ccc(C)cc2)C1. The molecule has 1 aromatic rings. The van der Waals surface area contributed by atoms with Gasteiger partial charge in [-0.05, 0) is 25.3 Å². The van der Waals surface area contributed by atoms with Gasteiger partial charge in [-0.3, -0.25) is 4.79 Å². The molecule has 3 nitrogen and oxygen atoms in total. The van der Waals surface area contributed by atoms with Gasteiger partial charge in [0.1, 0.15) is 0 Å². The fourth-order valence-corrected chi connectivity index (χ4v) is 2.79. The number of carbonyl (C=O) groups is 1. The molecule has 2 N–H and O–H groups in total. The molecule has 0 spiro atoms. The Balaban J connectivity index is 2.09. The van der Waals surface area contributed by atoms with E-state index < -0.39 is 0 Å². The zero-order chi connectivity index (χ0) is 13.8. The first-order chi connectivity index (χ1) is 9.10. The number of aryl methyl sites for hydroxylation is 1. The fourth-order valence-electron chi connectivity index (χ4n) is 2.79. The Bertz CT molecular complexity index is 427.